The lowest BCUT2D eigenvalue weighted by Crippen LogP contribution is -2.35. The molecule has 1 aliphatic rings. The normalized spacial score (nSPS) is 15.6. The first kappa shape index (κ1) is 18.1. The summed E-state index contributed by atoms with van der Waals surface area (Å²) in [5.41, 5.74) is 2.31. The minimum atomic E-state index is -0.347. The second-order valence-corrected chi connectivity index (χ2v) is 7.41. The SMILES string of the molecule is O=C(CC(c1cccc(O)c1)c1ccccc1O)NC1(c2ccccc2)CC1. The number of aromatic hydroxyl groups is 2. The Morgan fingerprint density at radius 2 is 1.64 bits per heavy atom. The maximum absolute atomic E-state index is 13.0. The number of rotatable bonds is 6. The molecule has 1 amide bonds. The summed E-state index contributed by atoms with van der Waals surface area (Å²) < 4.78 is 0. The van der Waals surface area contributed by atoms with E-state index in [-0.39, 0.29) is 35.3 Å². The number of carbonyl (C=O) groups excluding carboxylic acids is 1. The summed E-state index contributed by atoms with van der Waals surface area (Å²) in [6, 6.07) is 23.9. The van der Waals surface area contributed by atoms with E-state index in [1.54, 1.807) is 30.3 Å². The summed E-state index contributed by atoms with van der Waals surface area (Å²) in [5, 5.41) is 23.5. The molecule has 0 bridgehead atoms. The Bertz CT molecular complexity index is 980. The molecule has 1 fully saturated rings. The van der Waals surface area contributed by atoms with Crippen LogP contribution in [0.2, 0.25) is 0 Å². The van der Waals surface area contributed by atoms with E-state index in [4.69, 9.17) is 0 Å². The van der Waals surface area contributed by atoms with Crippen LogP contribution in [0, 0.1) is 0 Å². The third-order valence-electron chi connectivity index (χ3n) is 5.43. The van der Waals surface area contributed by atoms with Gasteiger partial charge in [-0.1, -0.05) is 60.7 Å². The van der Waals surface area contributed by atoms with E-state index in [0.717, 1.165) is 24.0 Å². The molecule has 4 rings (SSSR count). The Hall–Kier alpha value is -3.27. The summed E-state index contributed by atoms with van der Waals surface area (Å²) in [5.74, 6) is -0.132. The highest BCUT2D eigenvalue weighted by molar-refractivity contribution is 5.79. The van der Waals surface area contributed by atoms with Gasteiger partial charge >= 0.3 is 0 Å². The Labute approximate surface area is 164 Å². The van der Waals surface area contributed by atoms with Crippen molar-refractivity contribution in [2.24, 2.45) is 0 Å². The zero-order chi connectivity index (χ0) is 19.6. The maximum Gasteiger partial charge on any atom is 0.221 e. The number of para-hydroxylation sites is 1. The van der Waals surface area contributed by atoms with Gasteiger partial charge in [0.15, 0.2) is 0 Å². The molecule has 3 aromatic rings. The first-order valence-corrected chi connectivity index (χ1v) is 9.51. The summed E-state index contributed by atoms with van der Waals surface area (Å²) >= 11 is 0. The molecule has 1 atom stereocenters. The molecule has 0 aromatic heterocycles. The molecule has 4 nitrogen and oxygen atoms in total. The van der Waals surface area contributed by atoms with Crippen molar-refractivity contribution in [2.45, 2.75) is 30.7 Å². The van der Waals surface area contributed by atoms with Crippen molar-refractivity contribution in [3.8, 4) is 11.5 Å². The largest absolute Gasteiger partial charge is 0.508 e. The third-order valence-corrected chi connectivity index (χ3v) is 5.43. The van der Waals surface area contributed by atoms with Crippen molar-refractivity contribution in [1.82, 2.24) is 5.32 Å². The van der Waals surface area contributed by atoms with Crippen molar-refractivity contribution in [3.05, 3.63) is 95.6 Å². The van der Waals surface area contributed by atoms with Gasteiger partial charge in [-0.15, -0.1) is 0 Å². The van der Waals surface area contributed by atoms with Crippen LogP contribution in [0.4, 0.5) is 0 Å². The van der Waals surface area contributed by atoms with Crippen molar-refractivity contribution in [2.75, 3.05) is 0 Å². The molecule has 4 heteroatoms. The lowest BCUT2D eigenvalue weighted by atomic mass is 9.87. The van der Waals surface area contributed by atoms with Gasteiger partial charge in [0.25, 0.3) is 0 Å². The van der Waals surface area contributed by atoms with Crippen LogP contribution in [0.15, 0.2) is 78.9 Å². The fraction of sp³-hybridized carbons (Fsp3) is 0.208. The van der Waals surface area contributed by atoms with Crippen molar-refractivity contribution in [3.63, 3.8) is 0 Å². The van der Waals surface area contributed by atoms with Gasteiger partial charge in [-0.3, -0.25) is 4.79 Å². The van der Waals surface area contributed by atoms with Gasteiger partial charge in [0, 0.05) is 17.9 Å². The van der Waals surface area contributed by atoms with Gasteiger partial charge in [-0.2, -0.15) is 0 Å². The van der Waals surface area contributed by atoms with Gasteiger partial charge < -0.3 is 15.5 Å². The molecular formula is C24H23NO3. The minimum Gasteiger partial charge on any atom is -0.508 e. The van der Waals surface area contributed by atoms with Crippen LogP contribution in [0.25, 0.3) is 0 Å². The quantitative estimate of drug-likeness (QED) is 0.599. The number of hydrogen-bond acceptors (Lipinski definition) is 3. The molecule has 3 aromatic carbocycles. The molecule has 0 spiro atoms. The van der Waals surface area contributed by atoms with Crippen molar-refractivity contribution >= 4 is 5.91 Å². The molecule has 0 aliphatic heterocycles. The van der Waals surface area contributed by atoms with E-state index in [0.29, 0.717) is 5.56 Å². The Morgan fingerprint density at radius 3 is 2.32 bits per heavy atom. The first-order chi connectivity index (χ1) is 13.6. The number of phenolic OH excluding ortho intramolecular Hbond substituents is 2. The summed E-state index contributed by atoms with van der Waals surface area (Å²) in [6.07, 6.45) is 2.04. The molecule has 28 heavy (non-hydrogen) atoms. The van der Waals surface area contributed by atoms with Gasteiger partial charge in [-0.25, -0.2) is 0 Å². The molecule has 3 N–H and O–H groups in total. The minimum absolute atomic E-state index is 0.0713. The monoisotopic (exact) mass is 373 g/mol. The second-order valence-electron chi connectivity index (χ2n) is 7.41. The zero-order valence-corrected chi connectivity index (χ0v) is 15.5. The van der Waals surface area contributed by atoms with Gasteiger partial charge in [-0.05, 0) is 42.2 Å². The van der Waals surface area contributed by atoms with E-state index in [1.165, 1.54) is 0 Å². The fourth-order valence-corrected chi connectivity index (χ4v) is 3.80. The van der Waals surface area contributed by atoms with Crippen molar-refractivity contribution < 1.29 is 15.0 Å². The standard InChI is InChI=1S/C24H23NO3/c26-19-10-6-7-17(15-19)21(20-11-4-5-12-22(20)27)16-23(28)25-24(13-14-24)18-8-2-1-3-9-18/h1-12,15,21,26-27H,13-14,16H2,(H,25,28). The molecule has 142 valence electrons. The zero-order valence-electron chi connectivity index (χ0n) is 15.5. The van der Waals surface area contributed by atoms with Crippen LogP contribution in [-0.4, -0.2) is 16.1 Å². The van der Waals surface area contributed by atoms with Crippen LogP contribution < -0.4 is 5.32 Å². The van der Waals surface area contributed by atoms with E-state index in [2.05, 4.69) is 5.32 Å². The predicted molar refractivity (Wildman–Crippen MR) is 108 cm³/mol. The topological polar surface area (TPSA) is 69.6 Å². The summed E-state index contributed by atoms with van der Waals surface area (Å²) in [7, 11) is 0. The van der Waals surface area contributed by atoms with Gasteiger partial charge in [0.2, 0.25) is 5.91 Å². The highest BCUT2D eigenvalue weighted by Crippen LogP contribution is 2.46. The smallest absolute Gasteiger partial charge is 0.221 e. The lowest BCUT2D eigenvalue weighted by molar-refractivity contribution is -0.122. The van der Waals surface area contributed by atoms with Gasteiger partial charge in [0.05, 0.1) is 5.54 Å². The van der Waals surface area contributed by atoms with Crippen LogP contribution >= 0.6 is 0 Å². The van der Waals surface area contributed by atoms with E-state index >= 15 is 0 Å². The highest BCUT2D eigenvalue weighted by atomic mass is 16.3. The van der Waals surface area contributed by atoms with Crippen LogP contribution in [-0.2, 0) is 10.3 Å². The maximum atomic E-state index is 13.0. The van der Waals surface area contributed by atoms with Crippen LogP contribution in [0.1, 0.15) is 41.9 Å². The highest BCUT2D eigenvalue weighted by Gasteiger charge is 2.45. The lowest BCUT2D eigenvalue weighted by Gasteiger charge is -2.22. The predicted octanol–water partition coefficient (Wildman–Crippen LogP) is 4.43. The Balaban J connectivity index is 1.60. The Kier molecular flexibility index (Phi) is 4.78. The number of carbonyl (C=O) groups is 1. The molecule has 1 unspecified atom stereocenters. The van der Waals surface area contributed by atoms with Crippen LogP contribution in [0.3, 0.4) is 0 Å². The first-order valence-electron chi connectivity index (χ1n) is 9.51. The molecular weight excluding hydrogens is 350 g/mol. The molecule has 1 aliphatic carbocycles. The van der Waals surface area contributed by atoms with Crippen LogP contribution in [0.5, 0.6) is 11.5 Å². The number of amides is 1. The van der Waals surface area contributed by atoms with E-state index < -0.39 is 0 Å². The second kappa shape index (κ2) is 7.39. The fourth-order valence-electron chi connectivity index (χ4n) is 3.80. The molecule has 0 saturated heterocycles. The Morgan fingerprint density at radius 1 is 0.929 bits per heavy atom. The van der Waals surface area contributed by atoms with E-state index in [9.17, 15) is 15.0 Å². The van der Waals surface area contributed by atoms with E-state index in [1.807, 2.05) is 48.5 Å². The summed E-state index contributed by atoms with van der Waals surface area (Å²) in [6.45, 7) is 0. The van der Waals surface area contributed by atoms with Crippen molar-refractivity contribution in [1.29, 1.82) is 0 Å². The average Bonchev–Trinajstić information content (AvgIpc) is 3.48. The molecule has 1 saturated carbocycles. The summed E-state index contributed by atoms with van der Waals surface area (Å²) in [4.78, 5) is 13.0. The molecule has 0 heterocycles. The third kappa shape index (κ3) is 3.72. The number of hydrogen-bond donors (Lipinski definition) is 3. The van der Waals surface area contributed by atoms with Gasteiger partial charge in [0.1, 0.15) is 11.5 Å². The number of phenols is 2. The average molecular weight is 373 g/mol. The number of benzene rings is 3. The molecule has 0 radical (unpaired) electrons. The number of nitrogens with one attached hydrogen (secondary N) is 1.